The fourth-order valence-corrected chi connectivity index (χ4v) is 3.61. The van der Waals surface area contributed by atoms with Crippen LogP contribution in [0, 0.1) is 0 Å². The van der Waals surface area contributed by atoms with Crippen LogP contribution in [-0.4, -0.2) is 53.7 Å². The number of piperidine rings is 1. The van der Waals surface area contributed by atoms with Gasteiger partial charge in [-0.05, 0) is 12.8 Å². The van der Waals surface area contributed by atoms with E-state index in [2.05, 4.69) is 19.4 Å². The molecule has 1 aliphatic heterocycles. The molecule has 0 amide bonds. The predicted molar refractivity (Wildman–Crippen MR) is 66.4 cm³/mol. The van der Waals surface area contributed by atoms with Crippen molar-refractivity contribution >= 4 is 10.2 Å². The minimum Gasteiger partial charge on any atom is -0.395 e. The SMILES string of the molecule is O=S(=O)(NCCc1ncon1)N1CCCCC1CO. The number of nitrogens with one attached hydrogen (secondary N) is 1. The van der Waals surface area contributed by atoms with Gasteiger partial charge in [-0.15, -0.1) is 0 Å². The van der Waals surface area contributed by atoms with Crippen LogP contribution in [0.5, 0.6) is 0 Å². The Bertz CT molecular complexity index is 476. The smallest absolute Gasteiger partial charge is 0.279 e. The zero-order valence-corrected chi connectivity index (χ0v) is 11.3. The number of hydrogen-bond donors (Lipinski definition) is 2. The summed E-state index contributed by atoms with van der Waals surface area (Å²) in [6, 6.07) is -0.323. The van der Waals surface area contributed by atoms with E-state index < -0.39 is 10.2 Å². The van der Waals surface area contributed by atoms with Gasteiger partial charge in [0.2, 0.25) is 6.39 Å². The summed E-state index contributed by atoms with van der Waals surface area (Å²) in [5.74, 6) is 0.458. The van der Waals surface area contributed by atoms with Crippen molar-refractivity contribution in [1.29, 1.82) is 0 Å². The monoisotopic (exact) mass is 290 g/mol. The van der Waals surface area contributed by atoms with E-state index in [4.69, 9.17) is 0 Å². The molecule has 1 aliphatic rings. The van der Waals surface area contributed by atoms with E-state index in [0.717, 1.165) is 12.8 Å². The van der Waals surface area contributed by atoms with Crippen LogP contribution in [0.3, 0.4) is 0 Å². The van der Waals surface area contributed by atoms with Crippen LogP contribution in [-0.2, 0) is 16.6 Å². The maximum absolute atomic E-state index is 12.1. The van der Waals surface area contributed by atoms with Gasteiger partial charge >= 0.3 is 0 Å². The molecule has 8 nitrogen and oxygen atoms in total. The predicted octanol–water partition coefficient (Wildman–Crippen LogP) is -0.707. The van der Waals surface area contributed by atoms with Crippen molar-refractivity contribution in [2.24, 2.45) is 0 Å². The molecule has 2 heterocycles. The molecule has 108 valence electrons. The van der Waals surface area contributed by atoms with E-state index in [9.17, 15) is 13.5 Å². The van der Waals surface area contributed by atoms with Gasteiger partial charge in [0.1, 0.15) is 0 Å². The highest BCUT2D eigenvalue weighted by Gasteiger charge is 2.31. The van der Waals surface area contributed by atoms with Crippen LogP contribution in [0.2, 0.25) is 0 Å². The van der Waals surface area contributed by atoms with Gasteiger partial charge in [-0.1, -0.05) is 11.6 Å². The van der Waals surface area contributed by atoms with Crippen molar-refractivity contribution in [3.63, 3.8) is 0 Å². The number of hydrogen-bond acceptors (Lipinski definition) is 6. The van der Waals surface area contributed by atoms with Crippen LogP contribution < -0.4 is 4.72 Å². The normalized spacial score (nSPS) is 21.6. The molecule has 1 aromatic heterocycles. The van der Waals surface area contributed by atoms with Crippen molar-refractivity contribution in [1.82, 2.24) is 19.2 Å². The van der Waals surface area contributed by atoms with Gasteiger partial charge < -0.3 is 9.63 Å². The molecule has 19 heavy (non-hydrogen) atoms. The first-order valence-electron chi connectivity index (χ1n) is 6.26. The second-order valence-corrected chi connectivity index (χ2v) is 6.15. The van der Waals surface area contributed by atoms with Crippen LogP contribution >= 0.6 is 0 Å². The van der Waals surface area contributed by atoms with Gasteiger partial charge in [-0.25, -0.2) is 4.72 Å². The second kappa shape index (κ2) is 6.42. The lowest BCUT2D eigenvalue weighted by atomic mass is 10.1. The van der Waals surface area contributed by atoms with Crippen LogP contribution in [0.1, 0.15) is 25.1 Å². The largest absolute Gasteiger partial charge is 0.395 e. The number of aliphatic hydroxyl groups excluding tert-OH is 1. The van der Waals surface area contributed by atoms with E-state index in [1.54, 1.807) is 0 Å². The summed E-state index contributed by atoms with van der Waals surface area (Å²) in [6.45, 7) is 0.505. The quantitative estimate of drug-likeness (QED) is 0.716. The highest BCUT2D eigenvalue weighted by atomic mass is 32.2. The molecule has 1 fully saturated rings. The van der Waals surface area contributed by atoms with E-state index >= 15 is 0 Å². The molecule has 0 bridgehead atoms. The van der Waals surface area contributed by atoms with E-state index in [1.807, 2.05) is 0 Å². The zero-order chi connectivity index (χ0) is 13.7. The molecule has 0 aliphatic carbocycles. The van der Waals surface area contributed by atoms with E-state index in [-0.39, 0.29) is 19.2 Å². The standard InChI is InChI=1S/C10H18N4O4S/c15-7-9-3-1-2-6-14(9)19(16,17)12-5-4-10-11-8-18-13-10/h8-9,12,15H,1-7H2. The number of aromatic nitrogens is 2. The van der Waals surface area contributed by atoms with E-state index in [1.165, 1.54) is 10.7 Å². The first kappa shape index (κ1) is 14.4. The Kier molecular flexibility index (Phi) is 4.86. The molecule has 2 rings (SSSR count). The van der Waals surface area contributed by atoms with Gasteiger partial charge in [0.25, 0.3) is 10.2 Å². The third kappa shape index (κ3) is 3.72. The maximum Gasteiger partial charge on any atom is 0.279 e. The molecule has 1 saturated heterocycles. The lowest BCUT2D eigenvalue weighted by Crippen LogP contribution is -2.50. The van der Waals surface area contributed by atoms with Crippen LogP contribution in [0.25, 0.3) is 0 Å². The summed E-state index contributed by atoms with van der Waals surface area (Å²) >= 11 is 0. The minimum absolute atomic E-state index is 0.147. The lowest BCUT2D eigenvalue weighted by Gasteiger charge is -2.33. The Morgan fingerprint density at radius 2 is 2.37 bits per heavy atom. The topological polar surface area (TPSA) is 109 Å². The summed E-state index contributed by atoms with van der Waals surface area (Å²) in [5.41, 5.74) is 0. The Morgan fingerprint density at radius 3 is 3.05 bits per heavy atom. The molecule has 1 aromatic rings. The van der Waals surface area contributed by atoms with Crippen molar-refractivity contribution in [3.05, 3.63) is 12.2 Å². The van der Waals surface area contributed by atoms with Crippen molar-refractivity contribution in [2.45, 2.75) is 31.7 Å². The summed E-state index contributed by atoms with van der Waals surface area (Å²) in [4.78, 5) is 3.81. The van der Waals surface area contributed by atoms with Crippen LogP contribution in [0.4, 0.5) is 0 Å². The minimum atomic E-state index is -3.56. The fraction of sp³-hybridized carbons (Fsp3) is 0.800. The van der Waals surface area contributed by atoms with Crippen molar-refractivity contribution in [2.75, 3.05) is 19.7 Å². The number of aliphatic hydroxyl groups is 1. The Labute approximate surface area is 112 Å². The third-order valence-electron chi connectivity index (χ3n) is 3.13. The molecule has 1 unspecified atom stereocenters. The van der Waals surface area contributed by atoms with Crippen molar-refractivity contribution in [3.8, 4) is 0 Å². The number of nitrogens with zero attached hydrogens (tertiary/aromatic N) is 3. The molecule has 1 atom stereocenters. The summed E-state index contributed by atoms with van der Waals surface area (Å²) < 4.78 is 32.6. The van der Waals surface area contributed by atoms with Gasteiger partial charge in [0.05, 0.1) is 6.61 Å². The highest BCUT2D eigenvalue weighted by molar-refractivity contribution is 7.87. The maximum atomic E-state index is 12.1. The fourth-order valence-electron chi connectivity index (χ4n) is 2.15. The molecule has 0 saturated carbocycles. The van der Waals surface area contributed by atoms with Gasteiger partial charge in [-0.2, -0.15) is 17.7 Å². The first-order chi connectivity index (χ1) is 9.13. The van der Waals surface area contributed by atoms with Crippen LogP contribution in [0.15, 0.2) is 10.9 Å². The molecular formula is C10H18N4O4S. The summed E-state index contributed by atoms with van der Waals surface area (Å²) in [7, 11) is -3.56. The van der Waals surface area contributed by atoms with Gasteiger partial charge in [0.15, 0.2) is 5.82 Å². The summed E-state index contributed by atoms with van der Waals surface area (Å²) in [5, 5.41) is 12.8. The average molecular weight is 290 g/mol. The Morgan fingerprint density at radius 1 is 1.53 bits per heavy atom. The van der Waals surface area contributed by atoms with Crippen molar-refractivity contribution < 1.29 is 18.0 Å². The lowest BCUT2D eigenvalue weighted by molar-refractivity contribution is 0.154. The first-order valence-corrected chi connectivity index (χ1v) is 7.70. The molecule has 0 spiro atoms. The molecule has 0 radical (unpaired) electrons. The summed E-state index contributed by atoms with van der Waals surface area (Å²) in [6.07, 6.45) is 4.04. The van der Waals surface area contributed by atoms with Gasteiger partial charge in [0, 0.05) is 25.6 Å². The second-order valence-electron chi connectivity index (χ2n) is 4.44. The molecule has 2 N–H and O–H groups in total. The Hall–Kier alpha value is -1.03. The molecule has 9 heteroatoms. The molecule has 0 aromatic carbocycles. The van der Waals surface area contributed by atoms with Gasteiger partial charge in [-0.3, -0.25) is 0 Å². The Balaban J connectivity index is 1.89. The zero-order valence-electron chi connectivity index (χ0n) is 10.5. The number of rotatable bonds is 6. The highest BCUT2D eigenvalue weighted by Crippen LogP contribution is 2.19. The molecular weight excluding hydrogens is 272 g/mol. The average Bonchev–Trinajstić information content (AvgIpc) is 2.91. The third-order valence-corrected chi connectivity index (χ3v) is 4.80. The van der Waals surface area contributed by atoms with E-state index in [0.29, 0.717) is 25.2 Å².